The Bertz CT molecular complexity index is 396. The Kier molecular flexibility index (Phi) is 3.06. The normalized spacial score (nSPS) is 28.0. The largest absolute Gasteiger partial charge is 0.508 e. The van der Waals surface area contributed by atoms with Gasteiger partial charge >= 0.3 is 0 Å². The second kappa shape index (κ2) is 4.69. The summed E-state index contributed by atoms with van der Waals surface area (Å²) in [5.74, 6) is 1.25. The van der Waals surface area contributed by atoms with E-state index in [4.69, 9.17) is 0 Å². The van der Waals surface area contributed by atoms with Crippen LogP contribution in [0.25, 0.3) is 0 Å². The Morgan fingerprint density at radius 2 is 2.18 bits per heavy atom. The summed E-state index contributed by atoms with van der Waals surface area (Å²) in [7, 11) is 0. The van der Waals surface area contributed by atoms with Crippen LogP contribution in [-0.2, 0) is 12.8 Å². The highest BCUT2D eigenvalue weighted by Crippen LogP contribution is 2.31. The molecule has 0 spiro atoms. The van der Waals surface area contributed by atoms with Crippen LogP contribution in [0.1, 0.15) is 36.8 Å². The number of aryl methyl sites for hydroxylation is 1. The Morgan fingerprint density at radius 3 is 3.00 bits per heavy atom. The summed E-state index contributed by atoms with van der Waals surface area (Å²) < 4.78 is 0. The Balaban J connectivity index is 1.65. The summed E-state index contributed by atoms with van der Waals surface area (Å²) >= 11 is 0. The van der Waals surface area contributed by atoms with Gasteiger partial charge in [0.1, 0.15) is 5.75 Å². The summed E-state index contributed by atoms with van der Waals surface area (Å²) in [6, 6.07) is 6.64. The lowest BCUT2D eigenvalue weighted by Gasteiger charge is -2.27. The van der Waals surface area contributed by atoms with Crippen molar-refractivity contribution in [2.75, 3.05) is 6.54 Å². The zero-order valence-corrected chi connectivity index (χ0v) is 10.3. The highest BCUT2D eigenvalue weighted by Gasteiger charge is 2.23. The quantitative estimate of drug-likeness (QED) is 0.820. The van der Waals surface area contributed by atoms with Gasteiger partial charge in [0.25, 0.3) is 0 Å². The van der Waals surface area contributed by atoms with Gasteiger partial charge in [-0.1, -0.05) is 6.07 Å². The third-order valence-electron chi connectivity index (χ3n) is 4.30. The maximum atomic E-state index is 9.47. The van der Waals surface area contributed by atoms with Crippen molar-refractivity contribution in [2.24, 2.45) is 5.92 Å². The van der Waals surface area contributed by atoms with Crippen molar-refractivity contribution >= 4 is 0 Å². The molecule has 2 unspecified atom stereocenters. The Morgan fingerprint density at radius 1 is 1.24 bits per heavy atom. The molecule has 1 fully saturated rings. The molecule has 3 rings (SSSR count). The van der Waals surface area contributed by atoms with E-state index < -0.39 is 0 Å². The number of hydrogen-bond acceptors (Lipinski definition) is 2. The third-order valence-corrected chi connectivity index (χ3v) is 4.30. The number of phenolic OH excluding ortho intramolecular Hbond substituents is 1. The van der Waals surface area contributed by atoms with E-state index in [0.717, 1.165) is 18.4 Å². The fraction of sp³-hybridized carbons (Fsp3) is 0.600. The minimum atomic E-state index is 0.416. The summed E-state index contributed by atoms with van der Waals surface area (Å²) in [6.07, 6.45) is 7.67. The van der Waals surface area contributed by atoms with Crippen LogP contribution in [0, 0.1) is 5.92 Å². The van der Waals surface area contributed by atoms with E-state index in [-0.39, 0.29) is 0 Å². The van der Waals surface area contributed by atoms with Crippen LogP contribution in [-0.4, -0.2) is 17.7 Å². The lowest BCUT2D eigenvalue weighted by molar-refractivity contribution is 0.371. The van der Waals surface area contributed by atoms with Crippen LogP contribution in [0.2, 0.25) is 0 Å². The second-order valence-corrected chi connectivity index (χ2v) is 5.59. The molecule has 0 radical (unpaired) electrons. The maximum Gasteiger partial charge on any atom is 0.115 e. The van der Waals surface area contributed by atoms with Crippen molar-refractivity contribution < 1.29 is 5.11 Å². The fourth-order valence-electron chi connectivity index (χ4n) is 3.38. The lowest BCUT2D eigenvalue weighted by atomic mass is 9.80. The first-order chi connectivity index (χ1) is 8.31. The average Bonchev–Trinajstić information content (AvgIpc) is 2.82. The summed E-state index contributed by atoms with van der Waals surface area (Å²) in [4.78, 5) is 0. The van der Waals surface area contributed by atoms with Gasteiger partial charge in [-0.3, -0.25) is 0 Å². The van der Waals surface area contributed by atoms with E-state index in [1.165, 1.54) is 49.8 Å². The Labute approximate surface area is 103 Å². The number of hydrogen-bond donors (Lipinski definition) is 2. The average molecular weight is 231 g/mol. The van der Waals surface area contributed by atoms with Crippen LogP contribution in [0.4, 0.5) is 0 Å². The van der Waals surface area contributed by atoms with E-state index in [2.05, 4.69) is 11.4 Å². The topological polar surface area (TPSA) is 32.3 Å². The van der Waals surface area contributed by atoms with E-state index >= 15 is 0 Å². The number of phenols is 1. The van der Waals surface area contributed by atoms with Gasteiger partial charge in [-0.25, -0.2) is 0 Å². The maximum absolute atomic E-state index is 9.47. The molecule has 0 aromatic heterocycles. The van der Waals surface area contributed by atoms with Crippen molar-refractivity contribution in [3.63, 3.8) is 0 Å². The molecule has 1 heterocycles. The molecular formula is C15H21NO. The molecule has 2 heteroatoms. The van der Waals surface area contributed by atoms with Gasteiger partial charge in [-0.15, -0.1) is 0 Å². The van der Waals surface area contributed by atoms with E-state index in [0.29, 0.717) is 5.75 Å². The molecule has 2 aliphatic rings. The molecule has 0 bridgehead atoms. The number of benzene rings is 1. The summed E-state index contributed by atoms with van der Waals surface area (Å²) in [6.45, 7) is 1.21. The predicted octanol–water partition coefficient (Wildman–Crippen LogP) is 2.64. The van der Waals surface area contributed by atoms with Crippen LogP contribution >= 0.6 is 0 Å². The molecule has 1 saturated heterocycles. The predicted molar refractivity (Wildman–Crippen MR) is 69.3 cm³/mol. The van der Waals surface area contributed by atoms with Crippen LogP contribution in [0.5, 0.6) is 5.75 Å². The van der Waals surface area contributed by atoms with E-state index in [1.807, 2.05) is 12.1 Å². The van der Waals surface area contributed by atoms with Crippen LogP contribution in [0.15, 0.2) is 18.2 Å². The number of aromatic hydroxyl groups is 1. The molecule has 1 aliphatic heterocycles. The molecular weight excluding hydrogens is 210 g/mol. The van der Waals surface area contributed by atoms with Crippen LogP contribution in [0.3, 0.4) is 0 Å². The smallest absolute Gasteiger partial charge is 0.115 e. The molecule has 92 valence electrons. The highest BCUT2D eigenvalue weighted by molar-refractivity contribution is 5.36. The molecule has 2 atom stereocenters. The first-order valence-electron chi connectivity index (χ1n) is 6.85. The fourth-order valence-corrected chi connectivity index (χ4v) is 3.38. The summed E-state index contributed by atoms with van der Waals surface area (Å²) in [5.41, 5.74) is 2.82. The zero-order chi connectivity index (χ0) is 11.7. The zero-order valence-electron chi connectivity index (χ0n) is 10.3. The monoisotopic (exact) mass is 231 g/mol. The van der Waals surface area contributed by atoms with E-state index in [9.17, 15) is 5.11 Å². The molecule has 1 aromatic rings. The third kappa shape index (κ3) is 2.47. The molecule has 2 N–H and O–H groups in total. The minimum Gasteiger partial charge on any atom is -0.508 e. The first kappa shape index (κ1) is 11.1. The van der Waals surface area contributed by atoms with Crippen LogP contribution < -0.4 is 5.32 Å². The molecule has 1 aromatic carbocycles. The molecule has 0 amide bonds. The number of nitrogens with one attached hydrogen (secondary N) is 1. The van der Waals surface area contributed by atoms with Gasteiger partial charge in [0.15, 0.2) is 0 Å². The summed E-state index contributed by atoms with van der Waals surface area (Å²) in [5, 5.41) is 13.1. The molecule has 17 heavy (non-hydrogen) atoms. The number of rotatable bonds is 2. The second-order valence-electron chi connectivity index (χ2n) is 5.59. The van der Waals surface area contributed by atoms with Gasteiger partial charge in [0, 0.05) is 6.04 Å². The Hall–Kier alpha value is -1.02. The van der Waals surface area contributed by atoms with Crippen molar-refractivity contribution in [3.8, 4) is 5.75 Å². The molecule has 1 aliphatic carbocycles. The number of fused-ring (bicyclic) bond motifs is 1. The van der Waals surface area contributed by atoms with Gasteiger partial charge in [0.2, 0.25) is 0 Å². The van der Waals surface area contributed by atoms with Crippen molar-refractivity contribution in [3.05, 3.63) is 29.3 Å². The molecule has 0 saturated carbocycles. The van der Waals surface area contributed by atoms with Crippen molar-refractivity contribution in [1.82, 2.24) is 5.32 Å². The van der Waals surface area contributed by atoms with Gasteiger partial charge in [0.05, 0.1) is 0 Å². The van der Waals surface area contributed by atoms with Crippen molar-refractivity contribution in [2.45, 2.75) is 44.6 Å². The van der Waals surface area contributed by atoms with Gasteiger partial charge < -0.3 is 10.4 Å². The molecule has 2 nitrogen and oxygen atoms in total. The van der Waals surface area contributed by atoms with Gasteiger partial charge in [-0.2, -0.15) is 0 Å². The van der Waals surface area contributed by atoms with Gasteiger partial charge in [-0.05, 0) is 74.2 Å². The van der Waals surface area contributed by atoms with Crippen molar-refractivity contribution in [1.29, 1.82) is 0 Å². The van der Waals surface area contributed by atoms with E-state index in [1.54, 1.807) is 0 Å². The highest BCUT2D eigenvalue weighted by atomic mass is 16.3. The SMILES string of the molecule is Oc1ccc2c(c1)CCC(CC1CCCN1)C2. The first-order valence-corrected chi connectivity index (χ1v) is 6.85. The minimum absolute atomic E-state index is 0.416. The standard InChI is InChI=1S/C15H21NO/c17-15-6-5-12-8-11(3-4-13(12)10-15)9-14-2-1-7-16-14/h5-6,10-11,14,16-17H,1-4,7-9H2. The lowest BCUT2D eigenvalue weighted by Crippen LogP contribution is -2.27.